The van der Waals surface area contributed by atoms with Crippen molar-refractivity contribution in [2.24, 2.45) is 0 Å². The fourth-order valence-electron chi connectivity index (χ4n) is 2.61. The molecule has 0 bridgehead atoms. The molecule has 9 heteroatoms. The minimum Gasteiger partial charge on any atom is -0.395 e. The van der Waals surface area contributed by atoms with Crippen LogP contribution in [-0.4, -0.2) is 53.7 Å². The van der Waals surface area contributed by atoms with E-state index in [-0.39, 0.29) is 36.7 Å². The standard InChI is InChI=1S/C18H22N2O6S/c1-14-2-8-18(9-3-14)27(25,26)19(10-11-21)13-17(22)12-15-4-6-16(7-5-15)20(23)24/h2-9,17,21-22H,10-13H2,1H3. The Morgan fingerprint density at radius 1 is 1.11 bits per heavy atom. The van der Waals surface area contributed by atoms with Crippen LogP contribution in [0.2, 0.25) is 0 Å². The molecule has 2 aromatic carbocycles. The Morgan fingerprint density at radius 2 is 1.70 bits per heavy atom. The number of hydrogen-bond donors (Lipinski definition) is 2. The van der Waals surface area contributed by atoms with Gasteiger partial charge in [-0.15, -0.1) is 0 Å². The number of aryl methyl sites for hydroxylation is 1. The smallest absolute Gasteiger partial charge is 0.269 e. The predicted molar refractivity (Wildman–Crippen MR) is 99.8 cm³/mol. The molecule has 0 aliphatic rings. The van der Waals surface area contributed by atoms with E-state index < -0.39 is 21.1 Å². The minimum atomic E-state index is -3.86. The first kappa shape index (κ1) is 21.0. The Hall–Kier alpha value is -2.33. The molecular formula is C18H22N2O6S. The lowest BCUT2D eigenvalue weighted by molar-refractivity contribution is -0.384. The van der Waals surface area contributed by atoms with Crippen molar-refractivity contribution in [3.8, 4) is 0 Å². The fraction of sp³-hybridized carbons (Fsp3) is 0.333. The molecule has 0 aliphatic heterocycles. The average Bonchev–Trinajstić information content (AvgIpc) is 2.62. The number of nitrogens with zero attached hydrogens (tertiary/aromatic N) is 2. The summed E-state index contributed by atoms with van der Waals surface area (Å²) in [6.45, 7) is 1.12. The van der Waals surface area contributed by atoms with Crippen LogP contribution < -0.4 is 0 Å². The molecular weight excluding hydrogens is 372 g/mol. The molecule has 0 radical (unpaired) electrons. The molecule has 0 saturated carbocycles. The number of aliphatic hydroxyl groups is 2. The second-order valence-electron chi connectivity index (χ2n) is 6.18. The summed E-state index contributed by atoms with van der Waals surface area (Å²) in [5, 5.41) is 30.2. The van der Waals surface area contributed by atoms with Gasteiger partial charge in [0.05, 0.1) is 22.5 Å². The van der Waals surface area contributed by atoms with Crippen molar-refractivity contribution >= 4 is 15.7 Å². The van der Waals surface area contributed by atoms with E-state index in [2.05, 4.69) is 0 Å². The van der Waals surface area contributed by atoms with E-state index in [9.17, 15) is 28.7 Å². The molecule has 8 nitrogen and oxygen atoms in total. The van der Waals surface area contributed by atoms with Crippen LogP contribution >= 0.6 is 0 Å². The van der Waals surface area contributed by atoms with Crippen LogP contribution in [0.25, 0.3) is 0 Å². The Morgan fingerprint density at radius 3 is 2.22 bits per heavy atom. The van der Waals surface area contributed by atoms with E-state index in [4.69, 9.17) is 0 Å². The molecule has 1 atom stereocenters. The molecule has 0 aromatic heterocycles. The summed E-state index contributed by atoms with van der Waals surface area (Å²) < 4.78 is 26.6. The maximum Gasteiger partial charge on any atom is 0.269 e. The highest BCUT2D eigenvalue weighted by Gasteiger charge is 2.26. The van der Waals surface area contributed by atoms with Gasteiger partial charge in [-0.1, -0.05) is 29.8 Å². The van der Waals surface area contributed by atoms with Crippen molar-refractivity contribution < 1.29 is 23.6 Å². The van der Waals surface area contributed by atoms with Crippen molar-refractivity contribution in [2.45, 2.75) is 24.3 Å². The van der Waals surface area contributed by atoms with E-state index in [1.54, 1.807) is 12.1 Å². The molecule has 1 unspecified atom stereocenters. The zero-order valence-corrected chi connectivity index (χ0v) is 15.7. The number of nitro groups is 1. The lowest BCUT2D eigenvalue weighted by Crippen LogP contribution is -2.40. The highest BCUT2D eigenvalue weighted by atomic mass is 32.2. The Balaban J connectivity index is 2.12. The summed E-state index contributed by atoms with van der Waals surface area (Å²) >= 11 is 0. The van der Waals surface area contributed by atoms with Gasteiger partial charge in [0.15, 0.2) is 0 Å². The number of aliphatic hydroxyl groups excluding tert-OH is 2. The monoisotopic (exact) mass is 394 g/mol. The van der Waals surface area contributed by atoms with E-state index in [1.807, 2.05) is 6.92 Å². The number of sulfonamides is 1. The zero-order chi connectivity index (χ0) is 20.0. The van der Waals surface area contributed by atoms with Crippen molar-refractivity contribution in [1.29, 1.82) is 0 Å². The van der Waals surface area contributed by atoms with Crippen LogP contribution in [0.4, 0.5) is 5.69 Å². The largest absolute Gasteiger partial charge is 0.395 e. The summed E-state index contributed by atoms with van der Waals surface area (Å²) in [5.41, 5.74) is 1.50. The van der Waals surface area contributed by atoms with E-state index >= 15 is 0 Å². The van der Waals surface area contributed by atoms with Gasteiger partial charge in [-0.05, 0) is 31.0 Å². The summed E-state index contributed by atoms with van der Waals surface area (Å²) in [4.78, 5) is 10.2. The number of rotatable bonds is 9. The molecule has 2 rings (SSSR count). The van der Waals surface area contributed by atoms with Crippen LogP contribution in [0.1, 0.15) is 11.1 Å². The molecule has 0 spiro atoms. The van der Waals surface area contributed by atoms with Gasteiger partial charge in [-0.3, -0.25) is 10.1 Å². The first-order chi connectivity index (χ1) is 12.7. The molecule has 2 N–H and O–H groups in total. The van der Waals surface area contributed by atoms with Crippen LogP contribution in [0, 0.1) is 17.0 Å². The first-order valence-electron chi connectivity index (χ1n) is 8.33. The minimum absolute atomic E-state index is 0.0582. The van der Waals surface area contributed by atoms with Crippen molar-refractivity contribution in [1.82, 2.24) is 4.31 Å². The number of hydrogen-bond acceptors (Lipinski definition) is 6. The highest BCUT2D eigenvalue weighted by molar-refractivity contribution is 7.89. The van der Waals surface area contributed by atoms with E-state index in [0.29, 0.717) is 5.56 Å². The third-order valence-electron chi connectivity index (χ3n) is 4.04. The maximum absolute atomic E-state index is 12.8. The van der Waals surface area contributed by atoms with E-state index in [1.165, 1.54) is 36.4 Å². The third kappa shape index (κ3) is 5.57. The summed E-state index contributed by atoms with van der Waals surface area (Å²) in [6.07, 6.45) is -0.901. The summed E-state index contributed by atoms with van der Waals surface area (Å²) in [7, 11) is -3.86. The molecule has 0 aliphatic carbocycles. The average molecular weight is 394 g/mol. The number of nitro benzene ring substituents is 1. The summed E-state index contributed by atoms with van der Waals surface area (Å²) in [5.74, 6) is 0. The highest BCUT2D eigenvalue weighted by Crippen LogP contribution is 2.18. The Bertz CT molecular complexity index is 866. The van der Waals surface area contributed by atoms with Gasteiger partial charge in [-0.2, -0.15) is 4.31 Å². The van der Waals surface area contributed by atoms with Crippen LogP contribution in [0.3, 0.4) is 0 Å². The fourth-order valence-corrected chi connectivity index (χ4v) is 4.07. The molecule has 0 fully saturated rings. The number of benzene rings is 2. The molecule has 27 heavy (non-hydrogen) atoms. The molecule has 0 amide bonds. The van der Waals surface area contributed by atoms with Gasteiger partial charge >= 0.3 is 0 Å². The van der Waals surface area contributed by atoms with Crippen molar-refractivity contribution in [2.75, 3.05) is 19.7 Å². The molecule has 0 heterocycles. The SMILES string of the molecule is Cc1ccc(S(=O)(=O)N(CCO)CC(O)Cc2ccc([N+](=O)[O-])cc2)cc1. The molecule has 2 aromatic rings. The quantitative estimate of drug-likeness (QED) is 0.491. The Kier molecular flexibility index (Phi) is 7.03. The first-order valence-corrected chi connectivity index (χ1v) is 9.77. The van der Waals surface area contributed by atoms with Crippen LogP contribution in [0.15, 0.2) is 53.4 Å². The third-order valence-corrected chi connectivity index (χ3v) is 5.92. The molecule has 146 valence electrons. The van der Waals surface area contributed by atoms with Gasteiger partial charge in [0.25, 0.3) is 5.69 Å². The van der Waals surface area contributed by atoms with Gasteiger partial charge in [0.1, 0.15) is 0 Å². The second kappa shape index (κ2) is 9.05. The lowest BCUT2D eigenvalue weighted by atomic mass is 10.1. The zero-order valence-electron chi connectivity index (χ0n) is 14.9. The van der Waals surface area contributed by atoms with Gasteiger partial charge in [-0.25, -0.2) is 8.42 Å². The van der Waals surface area contributed by atoms with Crippen LogP contribution in [-0.2, 0) is 16.4 Å². The predicted octanol–water partition coefficient (Wildman–Crippen LogP) is 1.49. The van der Waals surface area contributed by atoms with Crippen LogP contribution in [0.5, 0.6) is 0 Å². The van der Waals surface area contributed by atoms with Crippen molar-refractivity contribution in [3.63, 3.8) is 0 Å². The van der Waals surface area contributed by atoms with Gasteiger partial charge in [0, 0.05) is 25.2 Å². The van der Waals surface area contributed by atoms with E-state index in [0.717, 1.165) is 9.87 Å². The van der Waals surface area contributed by atoms with Gasteiger partial charge in [0.2, 0.25) is 10.0 Å². The summed E-state index contributed by atoms with van der Waals surface area (Å²) in [6, 6.07) is 12.0. The number of non-ortho nitro benzene ring substituents is 1. The maximum atomic E-state index is 12.8. The topological polar surface area (TPSA) is 121 Å². The normalized spacial score (nSPS) is 12.9. The Labute approximate surface area is 157 Å². The second-order valence-corrected chi connectivity index (χ2v) is 8.12. The van der Waals surface area contributed by atoms with Crippen molar-refractivity contribution in [3.05, 3.63) is 69.8 Å². The molecule has 0 saturated heterocycles. The lowest BCUT2D eigenvalue weighted by Gasteiger charge is -2.24. The van der Waals surface area contributed by atoms with Gasteiger partial charge < -0.3 is 10.2 Å².